The molecule has 2 rings (SSSR count). The van der Waals surface area contributed by atoms with Gasteiger partial charge in [-0.2, -0.15) is 0 Å². The summed E-state index contributed by atoms with van der Waals surface area (Å²) in [5, 5.41) is 16.4. The zero-order valence-corrected chi connectivity index (χ0v) is 11.2. The third-order valence-corrected chi connectivity index (χ3v) is 3.91. The van der Waals surface area contributed by atoms with Crippen LogP contribution in [0.1, 0.15) is 11.1 Å². The summed E-state index contributed by atoms with van der Waals surface area (Å²) in [6, 6.07) is 7.21. The van der Waals surface area contributed by atoms with Crippen molar-refractivity contribution in [3.8, 4) is 0 Å². The Morgan fingerprint density at radius 3 is 2.94 bits per heavy atom. The molecule has 94 valence electrons. The lowest BCUT2D eigenvalue weighted by Gasteiger charge is -2.09. The Hall–Kier alpha value is -1.59. The molecule has 0 atom stereocenters. The molecule has 2 aromatic rings. The maximum absolute atomic E-state index is 10.6. The summed E-state index contributed by atoms with van der Waals surface area (Å²) in [4.78, 5) is 10.2. The van der Waals surface area contributed by atoms with Crippen molar-refractivity contribution in [2.24, 2.45) is 0 Å². The molecule has 1 aromatic heterocycles. The van der Waals surface area contributed by atoms with Crippen LogP contribution >= 0.6 is 22.9 Å². The third-order valence-electron chi connectivity index (χ3n) is 2.57. The Labute approximate surface area is 113 Å². The van der Waals surface area contributed by atoms with E-state index in [1.807, 2.05) is 25.1 Å². The highest BCUT2D eigenvalue weighted by atomic mass is 35.5. The van der Waals surface area contributed by atoms with Gasteiger partial charge in [-0.1, -0.05) is 29.0 Å². The molecule has 0 aliphatic heterocycles. The molecular formula is C12H11ClN2O2S. The first kappa shape index (κ1) is 12.9. The molecule has 1 N–H and O–H groups in total. The van der Waals surface area contributed by atoms with Crippen molar-refractivity contribution in [1.29, 1.82) is 0 Å². The second kappa shape index (κ2) is 5.37. The molecule has 0 aliphatic rings. The minimum absolute atomic E-state index is 0.162. The fourth-order valence-corrected chi connectivity index (χ4v) is 2.45. The molecule has 1 heterocycles. The summed E-state index contributed by atoms with van der Waals surface area (Å²) in [6.45, 7) is 2.48. The first-order chi connectivity index (χ1) is 8.58. The standard InChI is InChI=1S/C12H11ClN2O2S/c1-8-10(13)3-2-4-11(8)14-6-9-5-12(15(16)17)18-7-9/h2-5,7,14H,6H2,1H3. The molecule has 6 heteroatoms. The second-order valence-electron chi connectivity index (χ2n) is 3.82. The summed E-state index contributed by atoms with van der Waals surface area (Å²) in [5.41, 5.74) is 2.81. The maximum atomic E-state index is 10.6. The van der Waals surface area contributed by atoms with Crippen molar-refractivity contribution in [2.75, 3.05) is 5.32 Å². The number of nitrogens with one attached hydrogen (secondary N) is 1. The summed E-state index contributed by atoms with van der Waals surface area (Å²) in [5.74, 6) is 0. The van der Waals surface area contributed by atoms with Gasteiger partial charge in [0, 0.05) is 28.7 Å². The summed E-state index contributed by atoms with van der Waals surface area (Å²) in [6.07, 6.45) is 0. The van der Waals surface area contributed by atoms with E-state index in [0.717, 1.165) is 28.2 Å². The highest BCUT2D eigenvalue weighted by molar-refractivity contribution is 7.13. The van der Waals surface area contributed by atoms with Crippen LogP contribution in [-0.4, -0.2) is 4.92 Å². The van der Waals surface area contributed by atoms with E-state index in [0.29, 0.717) is 11.6 Å². The van der Waals surface area contributed by atoms with Crippen molar-refractivity contribution in [1.82, 2.24) is 0 Å². The van der Waals surface area contributed by atoms with Gasteiger partial charge < -0.3 is 5.32 Å². The highest BCUT2D eigenvalue weighted by Gasteiger charge is 2.09. The van der Waals surface area contributed by atoms with E-state index in [-0.39, 0.29) is 9.92 Å². The molecular weight excluding hydrogens is 272 g/mol. The average Bonchev–Trinajstić information content (AvgIpc) is 2.80. The van der Waals surface area contributed by atoms with Crippen LogP contribution in [0.4, 0.5) is 10.7 Å². The molecule has 0 aliphatic carbocycles. The normalized spacial score (nSPS) is 10.3. The predicted molar refractivity (Wildman–Crippen MR) is 74.5 cm³/mol. The molecule has 0 spiro atoms. The smallest absolute Gasteiger partial charge is 0.324 e. The summed E-state index contributed by atoms with van der Waals surface area (Å²) in [7, 11) is 0. The minimum Gasteiger partial charge on any atom is -0.381 e. The molecule has 0 saturated heterocycles. The van der Waals surface area contributed by atoms with E-state index in [1.54, 1.807) is 11.4 Å². The van der Waals surface area contributed by atoms with E-state index in [2.05, 4.69) is 5.32 Å². The predicted octanol–water partition coefficient (Wildman–Crippen LogP) is 4.23. The lowest BCUT2D eigenvalue weighted by atomic mass is 10.2. The molecule has 0 radical (unpaired) electrons. The third kappa shape index (κ3) is 2.80. The van der Waals surface area contributed by atoms with Gasteiger partial charge >= 0.3 is 5.00 Å². The summed E-state index contributed by atoms with van der Waals surface area (Å²) >= 11 is 7.15. The lowest BCUT2D eigenvalue weighted by molar-refractivity contribution is -0.380. The number of benzene rings is 1. The Morgan fingerprint density at radius 1 is 1.50 bits per heavy atom. The van der Waals surface area contributed by atoms with Crippen LogP contribution < -0.4 is 5.32 Å². The Bertz CT molecular complexity index is 583. The molecule has 0 saturated carbocycles. The molecule has 0 amide bonds. The van der Waals surface area contributed by atoms with Gasteiger partial charge in [-0.15, -0.1) is 0 Å². The number of nitro groups is 1. The number of hydrogen-bond acceptors (Lipinski definition) is 4. The van der Waals surface area contributed by atoms with E-state index in [4.69, 9.17) is 11.6 Å². The number of hydrogen-bond donors (Lipinski definition) is 1. The monoisotopic (exact) mass is 282 g/mol. The zero-order valence-electron chi connectivity index (χ0n) is 9.64. The first-order valence-electron chi connectivity index (χ1n) is 5.28. The fraction of sp³-hybridized carbons (Fsp3) is 0.167. The first-order valence-corrected chi connectivity index (χ1v) is 6.54. The zero-order chi connectivity index (χ0) is 13.1. The van der Waals surface area contributed by atoms with Crippen LogP contribution in [0.2, 0.25) is 5.02 Å². The molecule has 0 unspecified atom stereocenters. The fourth-order valence-electron chi connectivity index (χ4n) is 1.55. The molecule has 4 nitrogen and oxygen atoms in total. The van der Waals surface area contributed by atoms with E-state index in [1.165, 1.54) is 0 Å². The number of nitrogens with zero attached hydrogens (tertiary/aromatic N) is 1. The topological polar surface area (TPSA) is 55.2 Å². The Kier molecular flexibility index (Phi) is 3.84. The quantitative estimate of drug-likeness (QED) is 0.674. The van der Waals surface area contributed by atoms with Crippen molar-refractivity contribution in [3.05, 3.63) is 55.9 Å². The van der Waals surface area contributed by atoms with Crippen LogP contribution in [0, 0.1) is 17.0 Å². The number of thiophene rings is 1. The van der Waals surface area contributed by atoms with Crippen LogP contribution in [0.5, 0.6) is 0 Å². The largest absolute Gasteiger partial charge is 0.381 e. The van der Waals surface area contributed by atoms with Gasteiger partial charge in [-0.25, -0.2) is 0 Å². The SMILES string of the molecule is Cc1c(Cl)cccc1NCc1csc([N+](=O)[O-])c1. The summed E-state index contributed by atoms with van der Waals surface area (Å²) < 4.78 is 0. The Balaban J connectivity index is 2.07. The van der Waals surface area contributed by atoms with E-state index >= 15 is 0 Å². The van der Waals surface area contributed by atoms with Gasteiger partial charge in [-0.05, 0) is 30.2 Å². The van der Waals surface area contributed by atoms with Crippen molar-refractivity contribution < 1.29 is 4.92 Å². The maximum Gasteiger partial charge on any atom is 0.324 e. The van der Waals surface area contributed by atoms with Crippen LogP contribution in [0.3, 0.4) is 0 Å². The van der Waals surface area contributed by atoms with E-state index < -0.39 is 0 Å². The van der Waals surface area contributed by atoms with Gasteiger partial charge in [0.25, 0.3) is 0 Å². The molecule has 0 bridgehead atoms. The van der Waals surface area contributed by atoms with Crippen molar-refractivity contribution in [3.63, 3.8) is 0 Å². The van der Waals surface area contributed by atoms with Crippen LogP contribution in [-0.2, 0) is 6.54 Å². The lowest BCUT2D eigenvalue weighted by Crippen LogP contribution is -2.00. The van der Waals surface area contributed by atoms with Crippen LogP contribution in [0.15, 0.2) is 29.6 Å². The Morgan fingerprint density at radius 2 is 2.28 bits per heavy atom. The number of anilines is 1. The minimum atomic E-state index is -0.376. The van der Waals surface area contributed by atoms with Gasteiger partial charge in [0.05, 0.1) is 4.92 Å². The van der Waals surface area contributed by atoms with Gasteiger partial charge in [0.15, 0.2) is 0 Å². The average molecular weight is 283 g/mol. The molecule has 18 heavy (non-hydrogen) atoms. The van der Waals surface area contributed by atoms with E-state index in [9.17, 15) is 10.1 Å². The second-order valence-corrected chi connectivity index (χ2v) is 5.11. The van der Waals surface area contributed by atoms with Gasteiger partial charge in [0.2, 0.25) is 0 Å². The van der Waals surface area contributed by atoms with Crippen molar-refractivity contribution >= 4 is 33.6 Å². The molecule has 1 aromatic carbocycles. The number of halogens is 1. The van der Waals surface area contributed by atoms with Gasteiger partial charge in [-0.3, -0.25) is 10.1 Å². The van der Waals surface area contributed by atoms with Gasteiger partial charge in [0.1, 0.15) is 0 Å². The van der Waals surface area contributed by atoms with Crippen molar-refractivity contribution in [2.45, 2.75) is 13.5 Å². The van der Waals surface area contributed by atoms with Crippen LogP contribution in [0.25, 0.3) is 0 Å². The molecule has 0 fully saturated rings. The highest BCUT2D eigenvalue weighted by Crippen LogP contribution is 2.26. The number of rotatable bonds is 4.